The lowest BCUT2D eigenvalue weighted by atomic mass is 9.86. The van der Waals surface area contributed by atoms with Crippen LogP contribution in [0, 0.1) is 0 Å². The number of sulfonamides is 1. The maximum atomic E-state index is 13.7. The van der Waals surface area contributed by atoms with Crippen LogP contribution in [0.1, 0.15) is 56.2 Å². The largest absolute Gasteiger partial charge is 0.492 e. The summed E-state index contributed by atoms with van der Waals surface area (Å²) in [5, 5.41) is 3.84. The van der Waals surface area contributed by atoms with Crippen molar-refractivity contribution in [2.24, 2.45) is 7.05 Å². The zero-order valence-corrected chi connectivity index (χ0v) is 31.1. The molecule has 0 atom stereocenters. The van der Waals surface area contributed by atoms with Crippen LogP contribution in [0.5, 0.6) is 5.75 Å². The second-order valence-electron chi connectivity index (χ2n) is 12.1. The molecule has 260 valence electrons. The number of halogens is 3. The predicted octanol–water partition coefficient (Wildman–Crippen LogP) is 6.76. The van der Waals surface area contributed by atoms with Crippen molar-refractivity contribution in [3.63, 3.8) is 0 Å². The number of fused-ring (bicyclic) bond motifs is 1. The first-order valence-corrected chi connectivity index (χ1v) is 18.2. The molecule has 0 spiro atoms. The number of nitrogens with one attached hydrogen (secondary N) is 2. The molecule has 2 amide bonds. The Hall–Kier alpha value is -2.90. The normalized spacial score (nSPS) is 14.3. The quantitative estimate of drug-likeness (QED) is 0.246. The second-order valence-corrected chi connectivity index (χ2v) is 16.3. The number of aryl methyl sites for hydroxylation is 1. The van der Waals surface area contributed by atoms with Gasteiger partial charge < -0.3 is 24.3 Å². The molecule has 0 saturated carbocycles. The van der Waals surface area contributed by atoms with Crippen LogP contribution in [-0.2, 0) is 33.8 Å². The minimum absolute atomic E-state index is 0.205. The van der Waals surface area contributed by atoms with Crippen molar-refractivity contribution in [3.8, 4) is 5.75 Å². The average molecular weight is 733 g/mol. The van der Waals surface area contributed by atoms with Gasteiger partial charge in [-0.3, -0.25) is 14.4 Å². The van der Waals surface area contributed by atoms with E-state index in [9.17, 15) is 18.0 Å². The second kappa shape index (κ2) is 15.5. The number of aromatic nitrogens is 1. The van der Waals surface area contributed by atoms with Gasteiger partial charge in [0.2, 0.25) is 13.8 Å². The number of ether oxygens (including phenoxy) is 2. The fourth-order valence-electron chi connectivity index (χ4n) is 5.25. The van der Waals surface area contributed by atoms with E-state index >= 15 is 0 Å². The summed E-state index contributed by atoms with van der Waals surface area (Å²) in [5.41, 5.74) is 3.39. The molecule has 3 aromatic rings. The molecule has 0 radical (unpaired) electrons. The Morgan fingerprint density at radius 2 is 1.60 bits per heavy atom. The van der Waals surface area contributed by atoms with E-state index in [2.05, 4.69) is 14.9 Å². The van der Waals surface area contributed by atoms with E-state index in [1.165, 1.54) is 7.11 Å². The highest BCUT2D eigenvalue weighted by Gasteiger charge is 2.28. The SMILES string of the molecule is CC.COc1c(NC(=O)c2cc3cccc(CN4CCN(C(=O)OCC(Cl)(Cl)Cl)CC4)c3n2C)cc(C(C)(C)C)cc1NS(C)(=O)=O. The Morgan fingerprint density at radius 3 is 2.15 bits per heavy atom. The fraction of sp³-hybridized carbons (Fsp3) is 0.500. The maximum Gasteiger partial charge on any atom is 0.409 e. The van der Waals surface area contributed by atoms with Crippen LogP contribution in [0.15, 0.2) is 36.4 Å². The monoisotopic (exact) mass is 731 g/mol. The molecular weight excluding hydrogens is 689 g/mol. The van der Waals surface area contributed by atoms with Crippen LogP contribution >= 0.6 is 34.8 Å². The molecule has 1 aliphatic heterocycles. The summed E-state index contributed by atoms with van der Waals surface area (Å²) in [5.74, 6) is -0.173. The number of carbonyl (C=O) groups excluding carboxylic acids is 2. The molecule has 0 aliphatic carbocycles. The number of amides is 2. The number of nitrogens with zero attached hydrogens (tertiary/aromatic N) is 3. The predicted molar refractivity (Wildman–Crippen MR) is 191 cm³/mol. The van der Waals surface area contributed by atoms with Crippen LogP contribution in [0.25, 0.3) is 10.9 Å². The molecule has 2 aromatic carbocycles. The summed E-state index contributed by atoms with van der Waals surface area (Å²) in [6.07, 6.45) is 0.537. The Balaban J connectivity index is 0.00000294. The van der Waals surface area contributed by atoms with Gasteiger partial charge in [-0.05, 0) is 34.7 Å². The molecule has 1 saturated heterocycles. The number of rotatable bonds is 8. The maximum absolute atomic E-state index is 13.7. The van der Waals surface area contributed by atoms with Crippen molar-refractivity contribution < 1.29 is 27.5 Å². The number of methoxy groups -OCH3 is 1. The number of hydrogen-bond acceptors (Lipinski definition) is 7. The highest BCUT2D eigenvalue weighted by atomic mass is 35.6. The zero-order valence-electron chi connectivity index (χ0n) is 28.0. The third-order valence-corrected chi connectivity index (χ3v) is 8.38. The van der Waals surface area contributed by atoms with Gasteiger partial charge in [-0.1, -0.05) is 87.6 Å². The molecule has 0 bridgehead atoms. The Bertz CT molecular complexity index is 1690. The highest BCUT2D eigenvalue weighted by Crippen LogP contribution is 2.39. The van der Waals surface area contributed by atoms with Crippen LogP contribution in [0.3, 0.4) is 0 Å². The smallest absolute Gasteiger partial charge is 0.409 e. The van der Waals surface area contributed by atoms with E-state index < -0.39 is 19.9 Å². The molecule has 4 rings (SSSR count). The van der Waals surface area contributed by atoms with Gasteiger partial charge in [0.1, 0.15) is 12.3 Å². The minimum Gasteiger partial charge on any atom is -0.492 e. The summed E-state index contributed by atoms with van der Waals surface area (Å²) in [6, 6.07) is 11.2. The Kier molecular flexibility index (Phi) is 12.7. The van der Waals surface area contributed by atoms with Gasteiger partial charge >= 0.3 is 6.09 Å². The first-order valence-electron chi connectivity index (χ1n) is 15.2. The molecule has 47 heavy (non-hydrogen) atoms. The number of hydrogen-bond donors (Lipinski definition) is 2. The number of para-hydroxylation sites is 1. The van der Waals surface area contributed by atoms with Gasteiger partial charge in [0.05, 0.1) is 30.3 Å². The summed E-state index contributed by atoms with van der Waals surface area (Å²) in [7, 11) is -0.363. The molecule has 1 fully saturated rings. The number of anilines is 2. The standard InChI is InChI=1S/C30H38Cl3N5O6S.C2H6/c1-29(2,3)21-15-22(26(43-5)23(16-21)35-45(6,41)42)34-27(39)24-14-19-8-7-9-20(25(19)36(24)4)17-37-10-12-38(13-11-37)28(40)44-18-30(31,32)33;1-2/h7-9,14-16,35H,10-13,17-18H2,1-6H3,(H,34,39);1-2H3. The first kappa shape index (κ1) is 38.5. The van der Waals surface area contributed by atoms with E-state index in [-0.39, 0.29) is 29.4 Å². The Labute approximate surface area is 292 Å². The third kappa shape index (κ3) is 10.3. The van der Waals surface area contributed by atoms with E-state index in [1.807, 2.05) is 70.5 Å². The zero-order chi connectivity index (χ0) is 35.3. The van der Waals surface area contributed by atoms with E-state index in [0.29, 0.717) is 44.1 Å². The van der Waals surface area contributed by atoms with Gasteiger partial charge in [0.15, 0.2) is 5.75 Å². The summed E-state index contributed by atoms with van der Waals surface area (Å²) in [6.45, 7) is 12.4. The van der Waals surface area contributed by atoms with Gasteiger partial charge in [0.25, 0.3) is 5.91 Å². The molecular formula is C32H44Cl3N5O6S. The van der Waals surface area contributed by atoms with Crippen LogP contribution in [0.2, 0.25) is 0 Å². The summed E-state index contributed by atoms with van der Waals surface area (Å²) in [4.78, 5) is 29.9. The molecule has 1 aliphatic rings. The fourth-order valence-corrected chi connectivity index (χ4v) is 5.96. The number of piperazine rings is 1. The van der Waals surface area contributed by atoms with Gasteiger partial charge in [0, 0.05) is 45.2 Å². The lowest BCUT2D eigenvalue weighted by Gasteiger charge is -2.34. The van der Waals surface area contributed by atoms with Gasteiger partial charge in [-0.15, -0.1) is 0 Å². The molecule has 15 heteroatoms. The van der Waals surface area contributed by atoms with Crippen LogP contribution < -0.4 is 14.8 Å². The summed E-state index contributed by atoms with van der Waals surface area (Å²) >= 11 is 17.1. The van der Waals surface area contributed by atoms with Crippen molar-refractivity contribution in [3.05, 3.63) is 53.2 Å². The van der Waals surface area contributed by atoms with Crippen LogP contribution in [0.4, 0.5) is 16.2 Å². The number of alkyl halides is 3. The highest BCUT2D eigenvalue weighted by molar-refractivity contribution is 7.92. The molecule has 0 unspecified atom stereocenters. The van der Waals surface area contributed by atoms with Crippen molar-refractivity contribution >= 4 is 79.1 Å². The lowest BCUT2D eigenvalue weighted by Crippen LogP contribution is -2.48. The summed E-state index contributed by atoms with van der Waals surface area (Å²) < 4.78 is 37.6. The minimum atomic E-state index is -3.62. The lowest BCUT2D eigenvalue weighted by molar-refractivity contribution is 0.0758. The van der Waals surface area contributed by atoms with Crippen molar-refractivity contribution in [1.29, 1.82) is 0 Å². The van der Waals surface area contributed by atoms with E-state index in [0.717, 1.165) is 28.3 Å². The molecule has 2 N–H and O–H groups in total. The molecule has 11 nitrogen and oxygen atoms in total. The topological polar surface area (TPSA) is 122 Å². The number of carbonyl (C=O) groups is 2. The Morgan fingerprint density at radius 1 is 0.979 bits per heavy atom. The van der Waals surface area contributed by atoms with Crippen molar-refractivity contribution in [2.75, 3.05) is 56.2 Å². The van der Waals surface area contributed by atoms with E-state index in [4.69, 9.17) is 44.3 Å². The average Bonchev–Trinajstić information content (AvgIpc) is 3.33. The van der Waals surface area contributed by atoms with Crippen molar-refractivity contribution in [1.82, 2.24) is 14.4 Å². The van der Waals surface area contributed by atoms with Crippen LogP contribution in [-0.4, -0.2) is 84.7 Å². The molecule has 2 heterocycles. The first-order chi connectivity index (χ1) is 21.9. The number of benzene rings is 2. The van der Waals surface area contributed by atoms with Crippen molar-refractivity contribution in [2.45, 2.75) is 50.4 Å². The van der Waals surface area contributed by atoms with Gasteiger partial charge in [-0.25, -0.2) is 13.2 Å². The van der Waals surface area contributed by atoms with E-state index in [1.54, 1.807) is 17.0 Å². The molecule has 1 aromatic heterocycles. The third-order valence-electron chi connectivity index (χ3n) is 7.46. The van der Waals surface area contributed by atoms with Gasteiger partial charge in [-0.2, -0.15) is 0 Å².